The van der Waals surface area contributed by atoms with Crippen LogP contribution < -0.4 is 5.32 Å². The molecule has 0 atom stereocenters. The standard InChI is InChI=1S/C27H19ClFN5OS/c28-21-3-1-6-24(15-21)34-25(19-11-13-30-14-12-19)32-33-27(34)36-17-18-7-9-20(10-8-18)26(35)31-23-5-2-4-22(29)16-23/h1-16H,17H2,(H,31,35). The molecule has 0 spiro atoms. The van der Waals surface area contributed by atoms with Gasteiger partial charge >= 0.3 is 0 Å². The second-order valence-electron chi connectivity index (χ2n) is 7.81. The molecule has 2 aromatic heterocycles. The molecular weight excluding hydrogens is 497 g/mol. The smallest absolute Gasteiger partial charge is 0.255 e. The van der Waals surface area contributed by atoms with E-state index >= 15 is 0 Å². The summed E-state index contributed by atoms with van der Waals surface area (Å²) in [5.41, 5.74) is 3.64. The predicted octanol–water partition coefficient (Wildman–Crippen LogP) is 6.67. The second-order valence-corrected chi connectivity index (χ2v) is 9.19. The van der Waals surface area contributed by atoms with Crippen LogP contribution in [0.4, 0.5) is 10.1 Å². The van der Waals surface area contributed by atoms with Gasteiger partial charge in [-0.1, -0.05) is 47.6 Å². The molecule has 36 heavy (non-hydrogen) atoms. The Kier molecular flexibility index (Phi) is 7.06. The molecule has 0 bridgehead atoms. The number of hydrogen-bond donors (Lipinski definition) is 1. The molecule has 5 rings (SSSR count). The summed E-state index contributed by atoms with van der Waals surface area (Å²) < 4.78 is 15.3. The molecule has 1 N–H and O–H groups in total. The lowest BCUT2D eigenvalue weighted by molar-refractivity contribution is 0.102. The fourth-order valence-electron chi connectivity index (χ4n) is 3.57. The van der Waals surface area contributed by atoms with Crippen molar-refractivity contribution in [1.29, 1.82) is 0 Å². The summed E-state index contributed by atoms with van der Waals surface area (Å²) in [6.07, 6.45) is 3.43. The van der Waals surface area contributed by atoms with Crippen molar-refractivity contribution in [2.24, 2.45) is 0 Å². The van der Waals surface area contributed by atoms with E-state index in [1.807, 2.05) is 53.1 Å². The van der Waals surface area contributed by atoms with Gasteiger partial charge in [-0.05, 0) is 66.2 Å². The van der Waals surface area contributed by atoms with Gasteiger partial charge in [-0.2, -0.15) is 0 Å². The Balaban J connectivity index is 1.34. The number of benzene rings is 3. The highest BCUT2D eigenvalue weighted by molar-refractivity contribution is 7.98. The second kappa shape index (κ2) is 10.7. The average molecular weight is 516 g/mol. The van der Waals surface area contributed by atoms with E-state index in [1.54, 1.807) is 36.7 Å². The SMILES string of the molecule is O=C(Nc1cccc(F)c1)c1ccc(CSc2nnc(-c3ccncc3)n2-c2cccc(Cl)c2)cc1. The molecule has 2 heterocycles. The molecule has 0 radical (unpaired) electrons. The first kappa shape index (κ1) is 23.7. The van der Waals surface area contributed by atoms with Gasteiger partial charge in [0.1, 0.15) is 5.82 Å². The Bertz CT molecular complexity index is 1510. The van der Waals surface area contributed by atoms with Crippen molar-refractivity contribution in [3.8, 4) is 17.1 Å². The average Bonchev–Trinajstić information content (AvgIpc) is 3.32. The third-order valence-corrected chi connectivity index (χ3v) is 6.54. The van der Waals surface area contributed by atoms with Crippen LogP contribution in [0.5, 0.6) is 0 Å². The lowest BCUT2D eigenvalue weighted by atomic mass is 10.1. The van der Waals surface area contributed by atoms with Crippen molar-refractivity contribution in [2.75, 3.05) is 5.32 Å². The van der Waals surface area contributed by atoms with Crippen LogP contribution in [-0.2, 0) is 5.75 Å². The van der Waals surface area contributed by atoms with E-state index in [0.29, 0.717) is 33.0 Å². The molecule has 3 aromatic carbocycles. The lowest BCUT2D eigenvalue weighted by Crippen LogP contribution is -2.11. The molecule has 0 aliphatic rings. The lowest BCUT2D eigenvalue weighted by Gasteiger charge is -2.11. The van der Waals surface area contributed by atoms with Gasteiger partial charge in [-0.15, -0.1) is 10.2 Å². The van der Waals surface area contributed by atoms with Crippen LogP contribution in [0.1, 0.15) is 15.9 Å². The summed E-state index contributed by atoms with van der Waals surface area (Å²) in [5, 5.41) is 12.9. The maximum absolute atomic E-state index is 13.4. The van der Waals surface area contributed by atoms with Crippen LogP contribution in [0.25, 0.3) is 17.1 Å². The summed E-state index contributed by atoms with van der Waals surface area (Å²) in [6.45, 7) is 0. The normalized spacial score (nSPS) is 10.8. The first-order chi connectivity index (χ1) is 17.6. The summed E-state index contributed by atoms with van der Waals surface area (Å²) in [4.78, 5) is 16.6. The van der Waals surface area contributed by atoms with Crippen molar-refractivity contribution in [2.45, 2.75) is 10.9 Å². The summed E-state index contributed by atoms with van der Waals surface area (Å²) in [7, 11) is 0. The molecule has 0 saturated carbocycles. The van der Waals surface area contributed by atoms with Crippen molar-refractivity contribution >= 4 is 35.0 Å². The minimum absolute atomic E-state index is 0.303. The maximum atomic E-state index is 13.4. The fraction of sp³-hybridized carbons (Fsp3) is 0.0370. The van der Waals surface area contributed by atoms with Gasteiger partial charge in [0, 0.05) is 40.0 Å². The number of anilines is 1. The van der Waals surface area contributed by atoms with Crippen molar-refractivity contribution in [1.82, 2.24) is 19.7 Å². The topological polar surface area (TPSA) is 72.7 Å². The first-order valence-corrected chi connectivity index (χ1v) is 12.3. The van der Waals surface area contributed by atoms with Gasteiger partial charge in [-0.25, -0.2) is 4.39 Å². The Morgan fingerprint density at radius 2 is 1.72 bits per heavy atom. The number of amides is 1. The zero-order valence-electron chi connectivity index (χ0n) is 18.8. The van der Waals surface area contributed by atoms with Crippen LogP contribution in [0, 0.1) is 5.82 Å². The van der Waals surface area contributed by atoms with Crippen molar-refractivity contribution in [3.63, 3.8) is 0 Å². The third-order valence-electron chi connectivity index (χ3n) is 5.30. The number of aromatic nitrogens is 4. The van der Waals surface area contributed by atoms with E-state index in [4.69, 9.17) is 11.6 Å². The largest absolute Gasteiger partial charge is 0.322 e. The van der Waals surface area contributed by atoms with Crippen LogP contribution in [-0.4, -0.2) is 25.7 Å². The molecule has 0 aliphatic heterocycles. The number of pyridine rings is 1. The number of nitrogens with one attached hydrogen (secondary N) is 1. The molecule has 0 saturated heterocycles. The van der Waals surface area contributed by atoms with Crippen LogP contribution in [0.2, 0.25) is 5.02 Å². The van der Waals surface area contributed by atoms with Gasteiger partial charge in [0.05, 0.1) is 5.69 Å². The van der Waals surface area contributed by atoms with E-state index in [0.717, 1.165) is 16.8 Å². The van der Waals surface area contributed by atoms with E-state index in [-0.39, 0.29) is 5.91 Å². The van der Waals surface area contributed by atoms with Crippen LogP contribution in [0.3, 0.4) is 0 Å². The number of hydrogen-bond acceptors (Lipinski definition) is 5. The van der Waals surface area contributed by atoms with E-state index in [2.05, 4.69) is 20.5 Å². The van der Waals surface area contributed by atoms with Gasteiger partial charge in [-0.3, -0.25) is 14.3 Å². The highest BCUT2D eigenvalue weighted by Crippen LogP contribution is 2.30. The molecule has 5 aromatic rings. The van der Waals surface area contributed by atoms with Crippen LogP contribution >= 0.6 is 23.4 Å². The van der Waals surface area contributed by atoms with Crippen molar-refractivity contribution < 1.29 is 9.18 Å². The summed E-state index contributed by atoms with van der Waals surface area (Å²) >= 11 is 7.79. The van der Waals surface area contributed by atoms with E-state index < -0.39 is 5.82 Å². The minimum atomic E-state index is -0.405. The number of rotatable bonds is 7. The molecular formula is C27H19ClFN5OS. The monoisotopic (exact) mass is 515 g/mol. The summed E-state index contributed by atoms with van der Waals surface area (Å²) in [6, 6.07) is 24.3. The van der Waals surface area contributed by atoms with Crippen LogP contribution in [0.15, 0.2) is 102 Å². The quantitative estimate of drug-likeness (QED) is 0.245. The number of thioether (sulfide) groups is 1. The van der Waals surface area contributed by atoms with E-state index in [1.165, 1.54) is 23.9 Å². The highest BCUT2D eigenvalue weighted by atomic mass is 35.5. The van der Waals surface area contributed by atoms with Gasteiger partial charge in [0.2, 0.25) is 0 Å². The number of halogens is 2. The van der Waals surface area contributed by atoms with Gasteiger partial charge in [0.15, 0.2) is 11.0 Å². The zero-order valence-corrected chi connectivity index (χ0v) is 20.4. The maximum Gasteiger partial charge on any atom is 0.255 e. The van der Waals surface area contributed by atoms with E-state index in [9.17, 15) is 9.18 Å². The first-order valence-electron chi connectivity index (χ1n) is 11.0. The molecule has 6 nitrogen and oxygen atoms in total. The number of carbonyl (C=O) groups excluding carboxylic acids is 1. The molecule has 0 aliphatic carbocycles. The predicted molar refractivity (Wildman–Crippen MR) is 140 cm³/mol. The number of nitrogens with zero attached hydrogens (tertiary/aromatic N) is 4. The van der Waals surface area contributed by atoms with Gasteiger partial charge in [0.25, 0.3) is 5.91 Å². The third kappa shape index (κ3) is 5.45. The van der Waals surface area contributed by atoms with Gasteiger partial charge < -0.3 is 5.32 Å². The Labute approximate surface area is 216 Å². The minimum Gasteiger partial charge on any atom is -0.322 e. The summed E-state index contributed by atoms with van der Waals surface area (Å²) in [5.74, 6) is 0.591. The highest BCUT2D eigenvalue weighted by Gasteiger charge is 2.17. The molecule has 178 valence electrons. The Morgan fingerprint density at radius 1 is 0.944 bits per heavy atom. The molecule has 0 unspecified atom stereocenters. The number of carbonyl (C=O) groups is 1. The zero-order chi connectivity index (χ0) is 24.9. The Hall–Kier alpha value is -4.01. The fourth-order valence-corrected chi connectivity index (χ4v) is 4.66. The molecule has 1 amide bonds. The van der Waals surface area contributed by atoms with Crippen molar-refractivity contribution in [3.05, 3.63) is 119 Å². The molecule has 0 fully saturated rings. The molecule has 9 heteroatoms. The Morgan fingerprint density at radius 3 is 2.47 bits per heavy atom.